The molecule has 2 atom stereocenters. The van der Waals surface area contributed by atoms with Gasteiger partial charge in [-0.15, -0.1) is 0 Å². The summed E-state index contributed by atoms with van der Waals surface area (Å²) in [5.41, 5.74) is 6.69. The van der Waals surface area contributed by atoms with Crippen molar-refractivity contribution in [1.29, 1.82) is 0 Å². The van der Waals surface area contributed by atoms with Crippen molar-refractivity contribution in [2.45, 2.75) is 32.7 Å². The predicted octanol–water partition coefficient (Wildman–Crippen LogP) is 3.50. The van der Waals surface area contributed by atoms with Crippen molar-refractivity contribution in [3.8, 4) is 0 Å². The molecular formula is C12H17BrFN. The van der Waals surface area contributed by atoms with Gasteiger partial charge in [-0.25, -0.2) is 4.39 Å². The molecule has 1 nitrogen and oxygen atoms in total. The highest BCUT2D eigenvalue weighted by molar-refractivity contribution is 9.10. The number of rotatable bonds is 4. The predicted molar refractivity (Wildman–Crippen MR) is 65.2 cm³/mol. The molecule has 0 fully saturated rings. The Balaban J connectivity index is 2.72. The first kappa shape index (κ1) is 12.7. The summed E-state index contributed by atoms with van der Waals surface area (Å²) in [4.78, 5) is 0. The molecule has 1 rings (SSSR count). The van der Waals surface area contributed by atoms with Crippen LogP contribution in [-0.2, 0) is 6.42 Å². The standard InChI is InChI=1S/C12H17BrFN/c1-3-8(2)12(15)6-9-4-5-10(13)7-11(9)14/h4-5,7-8,12H,3,6,15H2,1-2H3. The van der Waals surface area contributed by atoms with Gasteiger partial charge in [-0.1, -0.05) is 42.3 Å². The van der Waals surface area contributed by atoms with E-state index in [1.54, 1.807) is 6.07 Å². The highest BCUT2D eigenvalue weighted by atomic mass is 79.9. The van der Waals surface area contributed by atoms with Gasteiger partial charge in [0, 0.05) is 10.5 Å². The third-order valence-electron chi connectivity index (χ3n) is 2.85. The third kappa shape index (κ3) is 3.58. The van der Waals surface area contributed by atoms with E-state index >= 15 is 0 Å². The molecule has 0 aliphatic carbocycles. The summed E-state index contributed by atoms with van der Waals surface area (Å²) in [5.74, 6) is 0.246. The fourth-order valence-electron chi connectivity index (χ4n) is 1.45. The summed E-state index contributed by atoms with van der Waals surface area (Å²) in [7, 11) is 0. The zero-order chi connectivity index (χ0) is 11.4. The van der Waals surface area contributed by atoms with E-state index < -0.39 is 0 Å². The molecular weight excluding hydrogens is 257 g/mol. The van der Waals surface area contributed by atoms with Gasteiger partial charge < -0.3 is 5.73 Å². The van der Waals surface area contributed by atoms with Crippen molar-refractivity contribution in [2.75, 3.05) is 0 Å². The molecule has 1 aromatic rings. The second kappa shape index (κ2) is 5.61. The molecule has 0 aliphatic heterocycles. The van der Waals surface area contributed by atoms with Crippen LogP contribution in [0, 0.1) is 11.7 Å². The van der Waals surface area contributed by atoms with Gasteiger partial charge in [0.1, 0.15) is 5.82 Å². The van der Waals surface area contributed by atoms with Crippen LogP contribution in [0.4, 0.5) is 4.39 Å². The van der Waals surface area contributed by atoms with Crippen molar-refractivity contribution in [3.63, 3.8) is 0 Å². The van der Waals surface area contributed by atoms with Crippen molar-refractivity contribution in [3.05, 3.63) is 34.1 Å². The molecule has 0 bridgehead atoms. The van der Waals surface area contributed by atoms with Gasteiger partial charge in [-0.05, 0) is 30.0 Å². The van der Waals surface area contributed by atoms with E-state index in [0.29, 0.717) is 17.9 Å². The largest absolute Gasteiger partial charge is 0.327 e. The Hall–Kier alpha value is -0.410. The zero-order valence-corrected chi connectivity index (χ0v) is 10.7. The molecule has 15 heavy (non-hydrogen) atoms. The molecule has 0 radical (unpaired) electrons. The minimum atomic E-state index is -0.178. The zero-order valence-electron chi connectivity index (χ0n) is 9.13. The van der Waals surface area contributed by atoms with Crippen LogP contribution in [0.3, 0.4) is 0 Å². The molecule has 0 spiro atoms. The first-order valence-corrected chi connectivity index (χ1v) is 6.03. The highest BCUT2D eigenvalue weighted by Crippen LogP contribution is 2.18. The fourth-order valence-corrected chi connectivity index (χ4v) is 1.78. The SMILES string of the molecule is CCC(C)C(N)Cc1ccc(Br)cc1F. The van der Waals surface area contributed by atoms with Gasteiger partial charge in [-0.2, -0.15) is 0 Å². The lowest BCUT2D eigenvalue weighted by Crippen LogP contribution is -2.30. The third-order valence-corrected chi connectivity index (χ3v) is 3.34. The summed E-state index contributed by atoms with van der Waals surface area (Å²) in [6.45, 7) is 4.20. The van der Waals surface area contributed by atoms with Crippen LogP contribution >= 0.6 is 15.9 Å². The lowest BCUT2D eigenvalue weighted by molar-refractivity contribution is 0.434. The maximum absolute atomic E-state index is 13.5. The minimum absolute atomic E-state index is 0.0330. The summed E-state index contributed by atoms with van der Waals surface area (Å²) in [6, 6.07) is 5.16. The van der Waals surface area contributed by atoms with Crippen molar-refractivity contribution in [2.24, 2.45) is 11.7 Å². The van der Waals surface area contributed by atoms with E-state index in [-0.39, 0.29) is 11.9 Å². The number of benzene rings is 1. The van der Waals surface area contributed by atoms with Crippen LogP contribution in [-0.4, -0.2) is 6.04 Å². The monoisotopic (exact) mass is 273 g/mol. The quantitative estimate of drug-likeness (QED) is 0.893. The number of hydrogen-bond donors (Lipinski definition) is 1. The van der Waals surface area contributed by atoms with Gasteiger partial charge in [-0.3, -0.25) is 0 Å². The van der Waals surface area contributed by atoms with E-state index in [1.165, 1.54) is 6.07 Å². The Morgan fingerprint density at radius 3 is 2.67 bits per heavy atom. The summed E-state index contributed by atoms with van der Waals surface area (Å²) < 4.78 is 14.3. The maximum atomic E-state index is 13.5. The first-order chi connectivity index (χ1) is 7.04. The minimum Gasteiger partial charge on any atom is -0.327 e. The van der Waals surface area contributed by atoms with Crippen LogP contribution < -0.4 is 5.73 Å². The highest BCUT2D eigenvalue weighted by Gasteiger charge is 2.13. The fraction of sp³-hybridized carbons (Fsp3) is 0.500. The van der Waals surface area contributed by atoms with E-state index in [9.17, 15) is 4.39 Å². The molecule has 0 aromatic heterocycles. The normalized spacial score (nSPS) is 15.0. The molecule has 0 amide bonds. The molecule has 1 aromatic carbocycles. The second-order valence-electron chi connectivity index (χ2n) is 3.99. The van der Waals surface area contributed by atoms with Crippen LogP contribution in [0.25, 0.3) is 0 Å². The molecule has 0 aliphatic rings. The second-order valence-corrected chi connectivity index (χ2v) is 4.90. The van der Waals surface area contributed by atoms with Gasteiger partial charge in [0.25, 0.3) is 0 Å². The van der Waals surface area contributed by atoms with Crippen LogP contribution in [0.2, 0.25) is 0 Å². The summed E-state index contributed by atoms with van der Waals surface area (Å²) >= 11 is 3.23. The van der Waals surface area contributed by atoms with Gasteiger partial charge >= 0.3 is 0 Å². The molecule has 84 valence electrons. The molecule has 2 N–H and O–H groups in total. The number of hydrogen-bond acceptors (Lipinski definition) is 1. The molecule has 0 saturated heterocycles. The molecule has 3 heteroatoms. The average Bonchev–Trinajstić information content (AvgIpc) is 2.20. The van der Waals surface area contributed by atoms with Crippen molar-refractivity contribution >= 4 is 15.9 Å². The van der Waals surface area contributed by atoms with Crippen LogP contribution in [0.15, 0.2) is 22.7 Å². The maximum Gasteiger partial charge on any atom is 0.127 e. The van der Waals surface area contributed by atoms with Gasteiger partial charge in [0.15, 0.2) is 0 Å². The van der Waals surface area contributed by atoms with E-state index in [4.69, 9.17) is 5.73 Å². The Morgan fingerprint density at radius 1 is 1.47 bits per heavy atom. The smallest absolute Gasteiger partial charge is 0.127 e. The van der Waals surface area contributed by atoms with Gasteiger partial charge in [0.2, 0.25) is 0 Å². The van der Waals surface area contributed by atoms with Crippen molar-refractivity contribution < 1.29 is 4.39 Å². The van der Waals surface area contributed by atoms with Gasteiger partial charge in [0.05, 0.1) is 0 Å². The molecule has 0 saturated carbocycles. The Labute approximate surface area is 99.0 Å². The Bertz CT molecular complexity index is 327. The molecule has 2 unspecified atom stereocenters. The van der Waals surface area contributed by atoms with E-state index in [0.717, 1.165) is 10.9 Å². The van der Waals surface area contributed by atoms with E-state index in [2.05, 4.69) is 29.8 Å². The lowest BCUT2D eigenvalue weighted by Gasteiger charge is -2.18. The number of nitrogens with two attached hydrogens (primary N) is 1. The summed E-state index contributed by atoms with van der Waals surface area (Å²) in [5, 5.41) is 0. The van der Waals surface area contributed by atoms with E-state index in [1.807, 2.05) is 6.07 Å². The first-order valence-electron chi connectivity index (χ1n) is 5.24. The average molecular weight is 274 g/mol. The lowest BCUT2D eigenvalue weighted by atomic mass is 9.94. The number of halogens is 2. The van der Waals surface area contributed by atoms with Crippen molar-refractivity contribution in [1.82, 2.24) is 0 Å². The Kier molecular flexibility index (Phi) is 4.74. The Morgan fingerprint density at radius 2 is 2.13 bits per heavy atom. The summed E-state index contributed by atoms with van der Waals surface area (Å²) in [6.07, 6.45) is 1.63. The molecule has 0 heterocycles. The van der Waals surface area contributed by atoms with Crippen LogP contribution in [0.5, 0.6) is 0 Å². The van der Waals surface area contributed by atoms with Crippen LogP contribution in [0.1, 0.15) is 25.8 Å². The topological polar surface area (TPSA) is 26.0 Å².